The summed E-state index contributed by atoms with van der Waals surface area (Å²) >= 11 is 0. The van der Waals surface area contributed by atoms with Gasteiger partial charge < -0.3 is 28.6 Å². The minimum Gasteiger partial charge on any atom is -0.493 e. The number of amides is 1. The Morgan fingerprint density at radius 1 is 1.09 bits per heavy atom. The number of hydrogen-bond acceptors (Lipinski definition) is 6. The zero-order valence-corrected chi connectivity index (χ0v) is 20.1. The van der Waals surface area contributed by atoms with Crippen molar-refractivity contribution in [3.8, 4) is 5.75 Å². The van der Waals surface area contributed by atoms with Crippen LogP contribution < -0.4 is 9.64 Å². The highest BCUT2D eigenvalue weighted by atomic mass is 16.7. The first-order valence-electron chi connectivity index (χ1n) is 12.2. The maximum Gasteiger partial charge on any atom is 0.219 e. The third-order valence-corrected chi connectivity index (χ3v) is 6.66. The van der Waals surface area contributed by atoms with Crippen LogP contribution in [0.1, 0.15) is 18.9 Å². The highest BCUT2D eigenvalue weighted by Gasteiger charge is 2.43. The Hall–Kier alpha value is -3.36. The van der Waals surface area contributed by atoms with Crippen LogP contribution in [-0.2, 0) is 26.6 Å². The van der Waals surface area contributed by atoms with Gasteiger partial charge in [-0.25, -0.2) is 4.98 Å². The molecule has 2 aliphatic rings. The Kier molecular flexibility index (Phi) is 7.01. The van der Waals surface area contributed by atoms with Gasteiger partial charge in [0, 0.05) is 63.2 Å². The van der Waals surface area contributed by atoms with Crippen LogP contribution in [0.25, 0.3) is 0 Å². The van der Waals surface area contributed by atoms with Crippen molar-refractivity contribution in [3.05, 3.63) is 78.9 Å². The fourth-order valence-corrected chi connectivity index (χ4v) is 4.69. The van der Waals surface area contributed by atoms with Crippen LogP contribution in [0.15, 0.2) is 73.3 Å². The van der Waals surface area contributed by atoms with Crippen molar-refractivity contribution < 1.29 is 19.0 Å². The Morgan fingerprint density at radius 3 is 2.54 bits per heavy atom. The summed E-state index contributed by atoms with van der Waals surface area (Å²) in [5.41, 5.74) is 2.15. The fraction of sp³-hybridized carbons (Fsp3) is 0.407. The fourth-order valence-electron chi connectivity index (χ4n) is 4.69. The van der Waals surface area contributed by atoms with E-state index in [2.05, 4.69) is 22.0 Å². The predicted molar refractivity (Wildman–Crippen MR) is 132 cm³/mol. The highest BCUT2D eigenvalue weighted by Crippen LogP contribution is 2.37. The van der Waals surface area contributed by atoms with Gasteiger partial charge in [0.2, 0.25) is 11.7 Å². The molecule has 2 aliphatic heterocycles. The molecule has 0 aliphatic carbocycles. The molecule has 35 heavy (non-hydrogen) atoms. The molecule has 2 saturated heterocycles. The second-order valence-corrected chi connectivity index (χ2v) is 9.03. The second kappa shape index (κ2) is 10.5. The zero-order valence-electron chi connectivity index (χ0n) is 20.1. The van der Waals surface area contributed by atoms with Gasteiger partial charge in [-0.15, -0.1) is 0 Å². The molecule has 0 N–H and O–H groups in total. The average molecular weight is 477 g/mol. The summed E-state index contributed by atoms with van der Waals surface area (Å²) in [6.45, 7) is 6.45. The molecule has 0 spiro atoms. The lowest BCUT2D eigenvalue weighted by atomic mass is 10.1. The number of carbonyl (C=O) groups is 1. The van der Waals surface area contributed by atoms with Crippen LogP contribution >= 0.6 is 0 Å². The molecule has 3 heterocycles. The lowest BCUT2D eigenvalue weighted by molar-refractivity contribution is -0.187. The van der Waals surface area contributed by atoms with E-state index in [9.17, 15) is 4.79 Å². The molecule has 0 radical (unpaired) electrons. The summed E-state index contributed by atoms with van der Waals surface area (Å²) in [6.07, 6.45) is 6.13. The highest BCUT2D eigenvalue weighted by molar-refractivity contribution is 5.73. The second-order valence-electron chi connectivity index (χ2n) is 9.03. The first kappa shape index (κ1) is 23.4. The number of benzene rings is 2. The lowest BCUT2D eigenvalue weighted by Crippen LogP contribution is -2.48. The summed E-state index contributed by atoms with van der Waals surface area (Å²) in [6, 6.07) is 18.2. The number of carbonyl (C=O) groups excluding carboxylic acids is 1. The van der Waals surface area contributed by atoms with E-state index < -0.39 is 5.79 Å². The van der Waals surface area contributed by atoms with Crippen LogP contribution in [0, 0.1) is 0 Å². The minimum atomic E-state index is -0.833. The maximum absolute atomic E-state index is 11.5. The summed E-state index contributed by atoms with van der Waals surface area (Å²) in [5.74, 6) is 0.149. The Balaban J connectivity index is 1.13. The van der Waals surface area contributed by atoms with E-state index in [1.165, 1.54) is 0 Å². The number of rotatable bonds is 8. The average Bonchev–Trinajstić information content (AvgIpc) is 3.56. The standard InChI is InChI=1S/C27H32N4O4/c1-22(32)30-14-16-31(17-15-30)24-7-9-25(10-8-24)33-18-11-26-19-34-27(35-26,20-29-13-12-28-21-29)23-5-3-2-4-6-23/h2-10,12-13,21,26H,11,14-20H2,1H3. The van der Waals surface area contributed by atoms with Crippen LogP contribution in [0.4, 0.5) is 5.69 Å². The van der Waals surface area contributed by atoms with Gasteiger partial charge in [-0.2, -0.15) is 0 Å². The normalized spacial score (nSPS) is 22.4. The Labute approximate surface area is 206 Å². The summed E-state index contributed by atoms with van der Waals surface area (Å²) in [7, 11) is 0. The number of nitrogens with zero attached hydrogens (tertiary/aromatic N) is 4. The molecule has 8 nitrogen and oxygen atoms in total. The molecule has 1 amide bonds. The Morgan fingerprint density at radius 2 is 1.86 bits per heavy atom. The number of piperazine rings is 1. The van der Waals surface area contributed by atoms with Gasteiger partial charge >= 0.3 is 0 Å². The third kappa shape index (κ3) is 5.49. The summed E-state index contributed by atoms with van der Waals surface area (Å²) in [5, 5.41) is 0. The quantitative estimate of drug-likeness (QED) is 0.497. The minimum absolute atomic E-state index is 0.0597. The monoisotopic (exact) mass is 476 g/mol. The molecule has 0 saturated carbocycles. The van der Waals surface area contributed by atoms with Crippen molar-refractivity contribution >= 4 is 11.6 Å². The zero-order chi connectivity index (χ0) is 24.1. The molecule has 1 aromatic heterocycles. The van der Waals surface area contributed by atoms with Crippen molar-refractivity contribution in [1.29, 1.82) is 0 Å². The number of imidazole rings is 1. The third-order valence-electron chi connectivity index (χ3n) is 6.66. The van der Waals surface area contributed by atoms with Crippen LogP contribution in [0.2, 0.25) is 0 Å². The summed E-state index contributed by atoms with van der Waals surface area (Å²) < 4.78 is 20.7. The van der Waals surface area contributed by atoms with Gasteiger partial charge in [0.15, 0.2) is 0 Å². The SMILES string of the molecule is CC(=O)N1CCN(c2ccc(OCCC3COC(Cn4ccnc4)(c4ccccc4)O3)cc2)CC1. The van der Waals surface area contributed by atoms with Crippen LogP contribution in [0.5, 0.6) is 5.75 Å². The molecule has 184 valence electrons. The molecule has 2 atom stereocenters. The summed E-state index contributed by atoms with van der Waals surface area (Å²) in [4.78, 5) is 19.9. The van der Waals surface area contributed by atoms with Crippen molar-refractivity contribution in [2.45, 2.75) is 31.8 Å². The molecular formula is C27H32N4O4. The van der Waals surface area contributed by atoms with E-state index in [1.807, 2.05) is 58.1 Å². The number of hydrogen-bond donors (Lipinski definition) is 0. The van der Waals surface area contributed by atoms with Crippen molar-refractivity contribution in [2.24, 2.45) is 0 Å². The molecule has 0 bridgehead atoms. The largest absolute Gasteiger partial charge is 0.493 e. The topological polar surface area (TPSA) is 69.1 Å². The maximum atomic E-state index is 11.5. The van der Waals surface area contributed by atoms with Crippen molar-refractivity contribution in [3.63, 3.8) is 0 Å². The van der Waals surface area contributed by atoms with E-state index in [1.54, 1.807) is 19.4 Å². The van der Waals surface area contributed by atoms with Gasteiger partial charge in [0.05, 0.1) is 32.2 Å². The van der Waals surface area contributed by atoms with E-state index in [4.69, 9.17) is 14.2 Å². The molecule has 2 fully saturated rings. The number of aromatic nitrogens is 2. The van der Waals surface area contributed by atoms with Gasteiger partial charge in [-0.3, -0.25) is 4.79 Å². The van der Waals surface area contributed by atoms with Gasteiger partial charge in [-0.05, 0) is 24.3 Å². The number of ether oxygens (including phenoxy) is 3. The van der Waals surface area contributed by atoms with Crippen LogP contribution in [0.3, 0.4) is 0 Å². The van der Waals surface area contributed by atoms with E-state index in [-0.39, 0.29) is 12.0 Å². The lowest BCUT2D eigenvalue weighted by Gasteiger charge is -2.35. The van der Waals surface area contributed by atoms with Gasteiger partial charge in [0.1, 0.15) is 5.75 Å². The van der Waals surface area contributed by atoms with Gasteiger partial charge in [0.25, 0.3) is 0 Å². The van der Waals surface area contributed by atoms with Crippen molar-refractivity contribution in [1.82, 2.24) is 14.5 Å². The van der Waals surface area contributed by atoms with Crippen molar-refractivity contribution in [2.75, 3.05) is 44.3 Å². The molecule has 8 heteroatoms. The van der Waals surface area contributed by atoms with Crippen LogP contribution in [-0.4, -0.2) is 65.9 Å². The molecule has 5 rings (SSSR count). The van der Waals surface area contributed by atoms with E-state index >= 15 is 0 Å². The first-order chi connectivity index (χ1) is 17.1. The predicted octanol–water partition coefficient (Wildman–Crippen LogP) is 3.29. The Bertz CT molecular complexity index is 1080. The van der Waals surface area contributed by atoms with E-state index in [0.717, 1.165) is 49.6 Å². The van der Waals surface area contributed by atoms with E-state index in [0.29, 0.717) is 19.8 Å². The molecular weight excluding hydrogens is 444 g/mol. The molecule has 3 aromatic rings. The smallest absolute Gasteiger partial charge is 0.219 e. The molecule has 2 aromatic carbocycles. The first-order valence-corrected chi connectivity index (χ1v) is 12.2. The molecule has 2 unspecified atom stereocenters. The number of anilines is 1. The van der Waals surface area contributed by atoms with Gasteiger partial charge in [-0.1, -0.05) is 30.3 Å².